The van der Waals surface area contributed by atoms with E-state index in [0.29, 0.717) is 23.7 Å². The Labute approximate surface area is 177 Å². The minimum atomic E-state index is -3.69. The van der Waals surface area contributed by atoms with Crippen LogP contribution in [0.4, 0.5) is 5.69 Å². The molecule has 0 saturated carbocycles. The summed E-state index contributed by atoms with van der Waals surface area (Å²) in [7, 11) is -3.69. The van der Waals surface area contributed by atoms with E-state index >= 15 is 0 Å². The summed E-state index contributed by atoms with van der Waals surface area (Å²) in [5.41, 5.74) is 1.33. The summed E-state index contributed by atoms with van der Waals surface area (Å²) in [6, 6.07) is 24.4. The number of amides is 1. The van der Waals surface area contributed by atoms with Crippen molar-refractivity contribution in [3.05, 3.63) is 90.5 Å². The highest BCUT2D eigenvalue weighted by atomic mass is 32.2. The van der Waals surface area contributed by atoms with Crippen LogP contribution in [0.15, 0.2) is 84.9 Å². The minimum Gasteiger partial charge on any atom is -0.457 e. The van der Waals surface area contributed by atoms with Crippen molar-refractivity contribution in [3.63, 3.8) is 0 Å². The molecule has 0 aliphatic rings. The van der Waals surface area contributed by atoms with Crippen molar-refractivity contribution >= 4 is 21.6 Å². The summed E-state index contributed by atoms with van der Waals surface area (Å²) < 4.78 is 31.7. The average Bonchev–Trinajstić information content (AvgIpc) is 2.74. The van der Waals surface area contributed by atoms with Crippen molar-refractivity contribution in [3.8, 4) is 11.5 Å². The number of carbonyl (C=O) groups excluding carboxylic acids is 1. The summed E-state index contributed by atoms with van der Waals surface area (Å²) in [4.78, 5) is 12.6. The van der Waals surface area contributed by atoms with Crippen molar-refractivity contribution in [1.82, 2.24) is 5.32 Å². The average molecular weight is 425 g/mol. The molecular weight excluding hydrogens is 400 g/mol. The maximum Gasteiger partial charge on any atom is 0.243 e. The van der Waals surface area contributed by atoms with Gasteiger partial charge in [-0.2, -0.15) is 0 Å². The van der Waals surface area contributed by atoms with Gasteiger partial charge >= 0.3 is 0 Å². The Bertz CT molecular complexity index is 1070. The molecule has 30 heavy (non-hydrogen) atoms. The number of hydrogen-bond acceptors (Lipinski definition) is 4. The lowest BCUT2D eigenvalue weighted by Gasteiger charge is -2.28. The fraction of sp³-hybridized carbons (Fsp3) is 0.174. The predicted molar refractivity (Wildman–Crippen MR) is 118 cm³/mol. The van der Waals surface area contributed by atoms with Gasteiger partial charge < -0.3 is 10.1 Å². The Kier molecular flexibility index (Phi) is 6.74. The van der Waals surface area contributed by atoms with E-state index in [-0.39, 0.29) is 5.91 Å². The number of nitrogens with zero attached hydrogens (tertiary/aromatic N) is 1. The van der Waals surface area contributed by atoms with E-state index in [1.165, 1.54) is 0 Å². The van der Waals surface area contributed by atoms with Gasteiger partial charge in [0.15, 0.2) is 0 Å². The predicted octanol–water partition coefficient (Wildman–Crippen LogP) is 3.95. The highest BCUT2D eigenvalue weighted by Gasteiger charge is 2.29. The van der Waals surface area contributed by atoms with E-state index in [0.717, 1.165) is 16.1 Å². The number of rotatable bonds is 8. The Morgan fingerprint density at radius 2 is 1.43 bits per heavy atom. The van der Waals surface area contributed by atoms with E-state index in [9.17, 15) is 13.2 Å². The quantitative estimate of drug-likeness (QED) is 0.594. The molecule has 0 fully saturated rings. The topological polar surface area (TPSA) is 75.7 Å². The molecule has 1 atom stereocenters. The molecule has 3 aromatic rings. The number of anilines is 1. The van der Waals surface area contributed by atoms with Crippen LogP contribution in [0.3, 0.4) is 0 Å². The fourth-order valence-electron chi connectivity index (χ4n) is 3.03. The van der Waals surface area contributed by atoms with Crippen LogP contribution >= 0.6 is 0 Å². The van der Waals surface area contributed by atoms with Crippen molar-refractivity contribution in [2.75, 3.05) is 10.6 Å². The second kappa shape index (κ2) is 9.45. The molecule has 0 aliphatic carbocycles. The molecule has 0 saturated heterocycles. The van der Waals surface area contributed by atoms with Crippen LogP contribution in [0.25, 0.3) is 0 Å². The van der Waals surface area contributed by atoms with E-state index in [4.69, 9.17) is 4.74 Å². The first-order valence-corrected chi connectivity index (χ1v) is 11.3. The number of carbonyl (C=O) groups is 1. The summed E-state index contributed by atoms with van der Waals surface area (Å²) in [5, 5.41) is 2.80. The normalized spacial score (nSPS) is 12.1. The molecule has 0 bridgehead atoms. The van der Waals surface area contributed by atoms with E-state index in [2.05, 4.69) is 5.32 Å². The van der Waals surface area contributed by atoms with Crippen LogP contribution in [-0.4, -0.2) is 26.6 Å². The summed E-state index contributed by atoms with van der Waals surface area (Å²) >= 11 is 0. The first kappa shape index (κ1) is 21.4. The summed E-state index contributed by atoms with van der Waals surface area (Å²) in [6.07, 6.45) is 1.09. The maximum absolute atomic E-state index is 12.6. The zero-order chi connectivity index (χ0) is 21.6. The van der Waals surface area contributed by atoms with Crippen molar-refractivity contribution in [1.29, 1.82) is 0 Å². The number of benzene rings is 3. The molecule has 0 heterocycles. The van der Waals surface area contributed by atoms with Crippen LogP contribution in [-0.2, 0) is 21.4 Å². The SMILES string of the molecule is C[C@H](C(=O)NCc1ccccc1)N(c1ccc(Oc2ccccc2)cc1)S(C)(=O)=O. The molecule has 156 valence electrons. The monoisotopic (exact) mass is 424 g/mol. The fourth-order valence-corrected chi connectivity index (χ4v) is 4.20. The third kappa shape index (κ3) is 5.61. The second-order valence-electron chi connectivity index (χ2n) is 6.85. The Morgan fingerprint density at radius 3 is 2.00 bits per heavy atom. The lowest BCUT2D eigenvalue weighted by molar-refractivity contribution is -0.122. The molecule has 3 aromatic carbocycles. The zero-order valence-electron chi connectivity index (χ0n) is 16.9. The Balaban J connectivity index is 1.74. The summed E-state index contributed by atoms with van der Waals surface area (Å²) in [5.74, 6) is 0.868. The van der Waals surface area contributed by atoms with Crippen molar-refractivity contribution < 1.29 is 17.9 Å². The molecule has 1 N–H and O–H groups in total. The Hall–Kier alpha value is -3.32. The standard InChI is InChI=1S/C23H24N2O4S/c1-18(23(26)24-17-19-9-5-3-6-10-19)25(30(2,27)28)20-13-15-22(16-14-20)29-21-11-7-4-8-12-21/h3-16,18H,17H2,1-2H3,(H,24,26)/t18-/m1/s1. The second-order valence-corrected chi connectivity index (χ2v) is 8.71. The molecule has 6 nitrogen and oxygen atoms in total. The molecular formula is C23H24N2O4S. The Morgan fingerprint density at radius 1 is 0.900 bits per heavy atom. The van der Waals surface area contributed by atoms with Gasteiger partial charge in [0.1, 0.15) is 17.5 Å². The van der Waals surface area contributed by atoms with Gasteiger partial charge in [-0.15, -0.1) is 0 Å². The molecule has 0 aromatic heterocycles. The van der Waals surface area contributed by atoms with Crippen LogP contribution in [0, 0.1) is 0 Å². The van der Waals surface area contributed by atoms with Crippen molar-refractivity contribution in [2.24, 2.45) is 0 Å². The van der Waals surface area contributed by atoms with Gasteiger partial charge in [0.2, 0.25) is 15.9 Å². The van der Waals surface area contributed by atoms with Crippen LogP contribution in [0.2, 0.25) is 0 Å². The molecule has 0 unspecified atom stereocenters. The zero-order valence-corrected chi connectivity index (χ0v) is 17.7. The minimum absolute atomic E-state index is 0.325. The van der Waals surface area contributed by atoms with Gasteiger partial charge in [-0.3, -0.25) is 9.10 Å². The maximum atomic E-state index is 12.6. The van der Waals surface area contributed by atoms with E-state index in [1.807, 2.05) is 60.7 Å². The van der Waals surface area contributed by atoms with Gasteiger partial charge in [-0.25, -0.2) is 8.42 Å². The van der Waals surface area contributed by atoms with Gasteiger partial charge in [-0.1, -0.05) is 48.5 Å². The number of ether oxygens (including phenoxy) is 1. The number of hydrogen-bond donors (Lipinski definition) is 1. The molecule has 7 heteroatoms. The van der Waals surface area contributed by atoms with Crippen LogP contribution in [0.1, 0.15) is 12.5 Å². The van der Waals surface area contributed by atoms with Crippen molar-refractivity contribution in [2.45, 2.75) is 19.5 Å². The number of sulfonamides is 1. The van der Waals surface area contributed by atoms with Crippen LogP contribution in [0.5, 0.6) is 11.5 Å². The molecule has 0 aliphatic heterocycles. The third-order valence-electron chi connectivity index (χ3n) is 4.47. The van der Waals surface area contributed by atoms with Crippen LogP contribution < -0.4 is 14.4 Å². The molecule has 1 amide bonds. The van der Waals surface area contributed by atoms with Gasteiger partial charge in [0, 0.05) is 6.54 Å². The number of nitrogens with one attached hydrogen (secondary N) is 1. The smallest absolute Gasteiger partial charge is 0.243 e. The van der Waals surface area contributed by atoms with E-state index in [1.54, 1.807) is 31.2 Å². The van der Waals surface area contributed by atoms with E-state index < -0.39 is 16.1 Å². The highest BCUT2D eigenvalue weighted by Crippen LogP contribution is 2.26. The largest absolute Gasteiger partial charge is 0.457 e. The number of para-hydroxylation sites is 1. The highest BCUT2D eigenvalue weighted by molar-refractivity contribution is 7.92. The summed E-state index contributed by atoms with van der Waals surface area (Å²) in [6.45, 7) is 1.89. The van der Waals surface area contributed by atoms with Gasteiger partial charge in [0.25, 0.3) is 0 Å². The first-order valence-electron chi connectivity index (χ1n) is 9.48. The molecule has 0 spiro atoms. The third-order valence-corrected chi connectivity index (χ3v) is 5.71. The van der Waals surface area contributed by atoms with Gasteiger partial charge in [0.05, 0.1) is 11.9 Å². The lowest BCUT2D eigenvalue weighted by Crippen LogP contribution is -2.47. The first-order chi connectivity index (χ1) is 14.3. The van der Waals surface area contributed by atoms with Gasteiger partial charge in [-0.05, 0) is 48.9 Å². The molecule has 0 radical (unpaired) electrons. The lowest BCUT2D eigenvalue weighted by atomic mass is 10.2. The molecule has 3 rings (SSSR count).